The topological polar surface area (TPSA) is 50.6 Å². The van der Waals surface area contributed by atoms with Gasteiger partial charge in [-0.1, -0.05) is 6.42 Å². The SMILES string of the molecule is CN(C)C(=O)COC[C@@H]1Cc2c(ncn2C)CN1C1CCC1. The second-order valence-corrected chi connectivity index (χ2v) is 6.67. The Kier molecular flexibility index (Phi) is 4.49. The van der Waals surface area contributed by atoms with Crippen LogP contribution in [0.2, 0.25) is 0 Å². The number of amides is 1. The number of likely N-dealkylation sites (N-methyl/N-ethyl adjacent to an activating group) is 1. The van der Waals surface area contributed by atoms with Gasteiger partial charge in [-0.15, -0.1) is 0 Å². The molecule has 6 heteroatoms. The molecule has 0 bridgehead atoms. The monoisotopic (exact) mass is 306 g/mol. The van der Waals surface area contributed by atoms with Gasteiger partial charge in [0.2, 0.25) is 5.91 Å². The summed E-state index contributed by atoms with van der Waals surface area (Å²) in [6, 6.07) is 1.01. The second-order valence-electron chi connectivity index (χ2n) is 6.67. The molecule has 0 N–H and O–H groups in total. The first-order valence-corrected chi connectivity index (χ1v) is 8.09. The molecule has 0 spiro atoms. The van der Waals surface area contributed by atoms with Crippen LogP contribution in [0.15, 0.2) is 6.33 Å². The van der Waals surface area contributed by atoms with Gasteiger partial charge in [-0.05, 0) is 12.8 Å². The van der Waals surface area contributed by atoms with Crippen molar-refractivity contribution in [3.8, 4) is 0 Å². The van der Waals surface area contributed by atoms with E-state index in [-0.39, 0.29) is 12.5 Å². The van der Waals surface area contributed by atoms with Crippen molar-refractivity contribution in [2.24, 2.45) is 7.05 Å². The van der Waals surface area contributed by atoms with Crippen molar-refractivity contribution < 1.29 is 9.53 Å². The van der Waals surface area contributed by atoms with Crippen LogP contribution in [-0.4, -0.2) is 64.7 Å². The fraction of sp³-hybridized carbons (Fsp3) is 0.750. The first kappa shape index (κ1) is 15.5. The van der Waals surface area contributed by atoms with Gasteiger partial charge in [0.05, 0.1) is 18.6 Å². The lowest BCUT2D eigenvalue weighted by atomic mass is 9.88. The Morgan fingerprint density at radius 3 is 2.86 bits per heavy atom. The average Bonchev–Trinajstić information content (AvgIpc) is 2.78. The normalized spacial score (nSPS) is 22.2. The summed E-state index contributed by atoms with van der Waals surface area (Å²) in [5.74, 6) is 0.0206. The quantitative estimate of drug-likeness (QED) is 0.807. The Morgan fingerprint density at radius 1 is 1.45 bits per heavy atom. The molecular formula is C16H26N4O2. The van der Waals surface area contributed by atoms with Crippen molar-refractivity contribution in [2.75, 3.05) is 27.3 Å². The van der Waals surface area contributed by atoms with E-state index in [9.17, 15) is 4.79 Å². The Balaban J connectivity index is 1.64. The highest BCUT2D eigenvalue weighted by Gasteiger charge is 2.36. The third-order valence-electron chi connectivity index (χ3n) is 4.95. The molecule has 0 aromatic carbocycles. The third-order valence-corrected chi connectivity index (χ3v) is 4.95. The van der Waals surface area contributed by atoms with E-state index in [0.29, 0.717) is 18.7 Å². The number of hydrogen-bond acceptors (Lipinski definition) is 4. The van der Waals surface area contributed by atoms with Crippen molar-refractivity contribution in [2.45, 2.75) is 44.3 Å². The number of fused-ring (bicyclic) bond motifs is 1. The maximum absolute atomic E-state index is 11.7. The number of imidazole rings is 1. The lowest BCUT2D eigenvalue weighted by Crippen LogP contribution is -2.51. The minimum absolute atomic E-state index is 0.0206. The molecule has 1 aliphatic carbocycles. The zero-order chi connectivity index (χ0) is 15.7. The maximum atomic E-state index is 11.7. The summed E-state index contributed by atoms with van der Waals surface area (Å²) < 4.78 is 7.83. The molecule has 1 fully saturated rings. The van der Waals surface area contributed by atoms with Crippen molar-refractivity contribution in [3.63, 3.8) is 0 Å². The van der Waals surface area contributed by atoms with E-state index >= 15 is 0 Å². The van der Waals surface area contributed by atoms with Gasteiger partial charge in [-0.2, -0.15) is 0 Å². The predicted octanol–water partition coefficient (Wildman–Crippen LogP) is 0.804. The van der Waals surface area contributed by atoms with Crippen molar-refractivity contribution >= 4 is 5.91 Å². The number of nitrogens with zero attached hydrogens (tertiary/aromatic N) is 4. The fourth-order valence-corrected chi connectivity index (χ4v) is 3.25. The fourth-order valence-electron chi connectivity index (χ4n) is 3.25. The van der Waals surface area contributed by atoms with E-state index in [1.807, 2.05) is 6.33 Å². The molecule has 1 saturated carbocycles. The van der Waals surface area contributed by atoms with Crippen molar-refractivity contribution in [1.82, 2.24) is 19.4 Å². The Labute approximate surface area is 132 Å². The lowest BCUT2D eigenvalue weighted by molar-refractivity contribution is -0.134. The number of hydrogen-bond donors (Lipinski definition) is 0. The minimum atomic E-state index is 0.0206. The van der Waals surface area contributed by atoms with E-state index < -0.39 is 0 Å². The molecule has 1 amide bonds. The molecule has 6 nitrogen and oxygen atoms in total. The van der Waals surface area contributed by atoms with Crippen LogP contribution in [0.1, 0.15) is 30.7 Å². The number of rotatable bonds is 5. The van der Waals surface area contributed by atoms with Gasteiger partial charge in [0.15, 0.2) is 0 Å². The molecule has 0 saturated heterocycles. The predicted molar refractivity (Wildman–Crippen MR) is 83.4 cm³/mol. The van der Waals surface area contributed by atoms with Crippen molar-refractivity contribution in [1.29, 1.82) is 0 Å². The minimum Gasteiger partial charge on any atom is -0.370 e. The van der Waals surface area contributed by atoms with Gasteiger partial charge in [0, 0.05) is 51.9 Å². The highest BCUT2D eigenvalue weighted by atomic mass is 16.5. The molecule has 3 rings (SSSR count). The Bertz CT molecular complexity index is 536. The van der Waals surface area contributed by atoms with Crippen LogP contribution in [0.25, 0.3) is 0 Å². The summed E-state index contributed by atoms with van der Waals surface area (Å²) in [6.45, 7) is 1.69. The zero-order valence-electron chi connectivity index (χ0n) is 13.8. The third kappa shape index (κ3) is 3.03. The zero-order valence-corrected chi connectivity index (χ0v) is 13.8. The molecule has 0 radical (unpaired) electrons. The summed E-state index contributed by atoms with van der Waals surface area (Å²) in [4.78, 5) is 20.3. The first-order chi connectivity index (χ1) is 10.6. The summed E-state index contributed by atoms with van der Waals surface area (Å²) in [7, 11) is 5.57. The Morgan fingerprint density at radius 2 is 2.23 bits per heavy atom. The lowest BCUT2D eigenvalue weighted by Gasteiger charge is -2.44. The molecule has 122 valence electrons. The van der Waals surface area contributed by atoms with Gasteiger partial charge in [0.1, 0.15) is 6.61 Å². The van der Waals surface area contributed by atoms with E-state index in [1.165, 1.54) is 30.7 Å². The van der Waals surface area contributed by atoms with Gasteiger partial charge < -0.3 is 14.2 Å². The molecule has 0 unspecified atom stereocenters. The molecule has 1 aromatic rings. The van der Waals surface area contributed by atoms with E-state index in [4.69, 9.17) is 4.74 Å². The number of carbonyl (C=O) groups excluding carboxylic acids is 1. The average molecular weight is 306 g/mol. The van der Waals surface area contributed by atoms with Crippen molar-refractivity contribution in [3.05, 3.63) is 17.7 Å². The molecular weight excluding hydrogens is 280 g/mol. The molecule has 2 aliphatic rings. The van der Waals surface area contributed by atoms with Crippen LogP contribution in [0.5, 0.6) is 0 Å². The number of aryl methyl sites for hydroxylation is 1. The van der Waals surface area contributed by atoms with Crippen LogP contribution in [-0.2, 0) is 29.5 Å². The summed E-state index contributed by atoms with van der Waals surface area (Å²) in [5, 5.41) is 0. The van der Waals surface area contributed by atoms with Crippen LogP contribution in [0, 0.1) is 0 Å². The summed E-state index contributed by atoms with van der Waals surface area (Å²) >= 11 is 0. The number of aromatic nitrogens is 2. The van der Waals surface area contributed by atoms with E-state index in [0.717, 1.165) is 13.0 Å². The Hall–Kier alpha value is -1.40. The molecule has 1 atom stereocenters. The van der Waals surface area contributed by atoms with Gasteiger partial charge in [-0.3, -0.25) is 9.69 Å². The largest absolute Gasteiger partial charge is 0.370 e. The number of carbonyl (C=O) groups is 1. The highest BCUT2D eigenvalue weighted by molar-refractivity contribution is 5.76. The molecule has 2 heterocycles. The summed E-state index contributed by atoms with van der Waals surface area (Å²) in [5.41, 5.74) is 2.51. The second kappa shape index (κ2) is 6.38. The maximum Gasteiger partial charge on any atom is 0.248 e. The summed E-state index contributed by atoms with van der Waals surface area (Å²) in [6.07, 6.45) is 6.73. The highest BCUT2D eigenvalue weighted by Crippen LogP contribution is 2.32. The van der Waals surface area contributed by atoms with Crippen LogP contribution >= 0.6 is 0 Å². The standard InChI is InChI=1S/C16H26N4O2/c1-18(2)16(21)10-22-9-13-7-15-14(17-11-19(15)3)8-20(13)12-5-4-6-12/h11-13H,4-10H2,1-3H3/t13-/m0/s1. The van der Waals surface area contributed by atoms with Crippen LogP contribution < -0.4 is 0 Å². The molecule has 1 aromatic heterocycles. The van der Waals surface area contributed by atoms with Gasteiger partial charge in [-0.25, -0.2) is 4.98 Å². The molecule has 1 aliphatic heterocycles. The smallest absolute Gasteiger partial charge is 0.248 e. The van der Waals surface area contributed by atoms with E-state index in [2.05, 4.69) is 21.5 Å². The molecule has 22 heavy (non-hydrogen) atoms. The van der Waals surface area contributed by atoms with E-state index in [1.54, 1.807) is 19.0 Å². The number of ether oxygens (including phenoxy) is 1. The van der Waals surface area contributed by atoms with Gasteiger partial charge in [0.25, 0.3) is 0 Å². The van der Waals surface area contributed by atoms with Gasteiger partial charge >= 0.3 is 0 Å². The van der Waals surface area contributed by atoms with Crippen LogP contribution in [0.4, 0.5) is 0 Å². The van der Waals surface area contributed by atoms with Crippen LogP contribution in [0.3, 0.4) is 0 Å². The first-order valence-electron chi connectivity index (χ1n) is 8.09.